The van der Waals surface area contributed by atoms with Crippen LogP contribution in [0.1, 0.15) is 16.1 Å². The van der Waals surface area contributed by atoms with E-state index in [-0.39, 0.29) is 12.5 Å². The Morgan fingerprint density at radius 3 is 2.62 bits per heavy atom. The number of carboxylic acid groups (broad SMARTS) is 1. The summed E-state index contributed by atoms with van der Waals surface area (Å²) in [6.45, 7) is 0.0587. The number of amides is 1. The van der Waals surface area contributed by atoms with E-state index in [0.717, 1.165) is 11.1 Å². The molecule has 2 N–H and O–H groups in total. The fourth-order valence-electron chi connectivity index (χ4n) is 2.57. The summed E-state index contributed by atoms with van der Waals surface area (Å²) in [6, 6.07) is 16.5. The molecule has 0 aliphatic carbocycles. The summed E-state index contributed by atoms with van der Waals surface area (Å²) < 4.78 is 1.53. The molecule has 6 nitrogen and oxygen atoms in total. The number of carboxylic acids is 1. The van der Waals surface area contributed by atoms with E-state index < -0.39 is 11.9 Å². The van der Waals surface area contributed by atoms with Crippen molar-refractivity contribution in [3.63, 3.8) is 0 Å². The molecule has 0 aliphatic rings. The van der Waals surface area contributed by atoms with Gasteiger partial charge in [0.2, 0.25) is 0 Å². The van der Waals surface area contributed by atoms with Gasteiger partial charge >= 0.3 is 5.97 Å². The molecule has 0 fully saturated rings. The van der Waals surface area contributed by atoms with Crippen LogP contribution in [0, 0.1) is 5.92 Å². The molecule has 2 heterocycles. The smallest absolute Gasteiger partial charge is 0.308 e. The third-order valence-corrected chi connectivity index (χ3v) is 3.84. The first-order valence-electron chi connectivity index (χ1n) is 7.63. The molecule has 0 spiro atoms. The van der Waals surface area contributed by atoms with Crippen molar-refractivity contribution in [2.24, 2.45) is 5.92 Å². The van der Waals surface area contributed by atoms with E-state index in [2.05, 4.69) is 10.4 Å². The number of nitrogens with one attached hydrogen (secondary N) is 1. The number of nitrogens with zero attached hydrogens (tertiary/aromatic N) is 2. The first-order valence-corrected chi connectivity index (χ1v) is 7.63. The van der Waals surface area contributed by atoms with Gasteiger partial charge in [0.15, 0.2) is 0 Å². The summed E-state index contributed by atoms with van der Waals surface area (Å²) in [5.41, 5.74) is 2.12. The van der Waals surface area contributed by atoms with Crippen LogP contribution in [0.2, 0.25) is 0 Å². The van der Waals surface area contributed by atoms with Crippen LogP contribution in [0.5, 0.6) is 0 Å². The first kappa shape index (κ1) is 15.7. The minimum absolute atomic E-state index is 0.0587. The number of carbonyl (C=O) groups excluding carboxylic acids is 1. The van der Waals surface area contributed by atoms with E-state index in [1.807, 2.05) is 36.4 Å². The molecule has 0 saturated carbocycles. The lowest BCUT2D eigenvalue weighted by atomic mass is 9.99. The lowest BCUT2D eigenvalue weighted by Crippen LogP contribution is -2.34. The van der Waals surface area contributed by atoms with Crippen LogP contribution in [0.25, 0.3) is 5.52 Å². The van der Waals surface area contributed by atoms with Gasteiger partial charge in [0.05, 0.1) is 11.4 Å². The van der Waals surface area contributed by atoms with Crippen molar-refractivity contribution in [2.75, 3.05) is 6.54 Å². The summed E-state index contributed by atoms with van der Waals surface area (Å²) in [5.74, 6) is -1.96. The standard InChI is InChI=1S/C18H17N3O3/c22-17(16-9-8-15-7-4-10-20-21(15)16)19-12-14(18(23)24)11-13-5-2-1-3-6-13/h1-10,14H,11-12H2,(H,19,22)(H,23,24). The van der Waals surface area contributed by atoms with Gasteiger partial charge in [0.25, 0.3) is 5.91 Å². The number of rotatable bonds is 6. The quantitative estimate of drug-likeness (QED) is 0.727. The van der Waals surface area contributed by atoms with Crippen LogP contribution >= 0.6 is 0 Å². The monoisotopic (exact) mass is 323 g/mol. The number of aromatic nitrogens is 2. The second-order valence-electron chi connectivity index (χ2n) is 5.51. The van der Waals surface area contributed by atoms with E-state index >= 15 is 0 Å². The Morgan fingerprint density at radius 2 is 1.88 bits per heavy atom. The van der Waals surface area contributed by atoms with E-state index in [4.69, 9.17) is 0 Å². The van der Waals surface area contributed by atoms with Crippen molar-refractivity contribution in [2.45, 2.75) is 6.42 Å². The third-order valence-electron chi connectivity index (χ3n) is 3.84. The van der Waals surface area contributed by atoms with Gasteiger partial charge < -0.3 is 10.4 Å². The van der Waals surface area contributed by atoms with Crippen LogP contribution in [-0.4, -0.2) is 33.1 Å². The average molecular weight is 323 g/mol. The average Bonchev–Trinajstić information content (AvgIpc) is 3.03. The highest BCUT2D eigenvalue weighted by Crippen LogP contribution is 2.10. The van der Waals surface area contributed by atoms with Crippen molar-refractivity contribution in [1.29, 1.82) is 0 Å². The molecule has 1 amide bonds. The molecule has 1 unspecified atom stereocenters. The molecule has 24 heavy (non-hydrogen) atoms. The van der Waals surface area contributed by atoms with Gasteiger partial charge in [0, 0.05) is 12.7 Å². The predicted molar refractivity (Wildman–Crippen MR) is 88.8 cm³/mol. The molecule has 2 aromatic heterocycles. The summed E-state index contributed by atoms with van der Waals surface area (Å²) in [7, 11) is 0. The Balaban J connectivity index is 1.68. The number of carbonyl (C=O) groups is 2. The van der Waals surface area contributed by atoms with Crippen LogP contribution in [0.15, 0.2) is 60.8 Å². The van der Waals surface area contributed by atoms with Crippen molar-refractivity contribution in [1.82, 2.24) is 14.9 Å². The topological polar surface area (TPSA) is 83.7 Å². The van der Waals surface area contributed by atoms with E-state index in [1.165, 1.54) is 4.52 Å². The molecule has 1 atom stereocenters. The molecule has 1 aromatic carbocycles. The number of fused-ring (bicyclic) bond motifs is 1. The minimum atomic E-state index is -0.933. The zero-order chi connectivity index (χ0) is 16.9. The normalized spacial score (nSPS) is 12.0. The maximum absolute atomic E-state index is 12.3. The molecule has 3 aromatic rings. The van der Waals surface area contributed by atoms with Gasteiger partial charge in [-0.05, 0) is 36.2 Å². The Morgan fingerprint density at radius 1 is 1.08 bits per heavy atom. The SMILES string of the molecule is O=C(NCC(Cc1ccccc1)C(=O)O)c1ccc2cccnn12. The molecular weight excluding hydrogens is 306 g/mol. The molecule has 3 rings (SSSR count). The summed E-state index contributed by atoms with van der Waals surface area (Å²) in [5, 5.41) is 16.2. The van der Waals surface area contributed by atoms with Crippen molar-refractivity contribution < 1.29 is 14.7 Å². The Labute approximate surface area is 138 Å². The Bertz CT molecular complexity index is 858. The molecule has 6 heteroatoms. The summed E-state index contributed by atoms with van der Waals surface area (Å²) >= 11 is 0. The maximum Gasteiger partial charge on any atom is 0.308 e. The Kier molecular flexibility index (Phi) is 4.56. The van der Waals surface area contributed by atoms with Crippen molar-refractivity contribution in [3.05, 3.63) is 72.1 Å². The van der Waals surface area contributed by atoms with Crippen LogP contribution < -0.4 is 5.32 Å². The van der Waals surface area contributed by atoms with Gasteiger partial charge in [-0.15, -0.1) is 0 Å². The largest absolute Gasteiger partial charge is 0.481 e. The fraction of sp³-hybridized carbons (Fsp3) is 0.167. The number of hydrogen-bond acceptors (Lipinski definition) is 3. The van der Waals surface area contributed by atoms with Crippen LogP contribution in [-0.2, 0) is 11.2 Å². The second kappa shape index (κ2) is 6.95. The van der Waals surface area contributed by atoms with Crippen molar-refractivity contribution in [3.8, 4) is 0 Å². The first-order chi connectivity index (χ1) is 11.6. The Hall–Kier alpha value is -3.15. The molecule has 0 bridgehead atoms. The fourth-order valence-corrected chi connectivity index (χ4v) is 2.57. The van der Waals surface area contributed by atoms with Gasteiger partial charge in [-0.1, -0.05) is 30.3 Å². The summed E-state index contributed by atoms with van der Waals surface area (Å²) in [6.07, 6.45) is 1.96. The lowest BCUT2D eigenvalue weighted by Gasteiger charge is -2.13. The van der Waals surface area contributed by atoms with Gasteiger partial charge in [0.1, 0.15) is 5.69 Å². The second-order valence-corrected chi connectivity index (χ2v) is 5.51. The molecule has 0 saturated heterocycles. The van der Waals surface area contributed by atoms with E-state index in [9.17, 15) is 14.7 Å². The molecule has 0 aliphatic heterocycles. The highest BCUT2D eigenvalue weighted by Gasteiger charge is 2.20. The van der Waals surface area contributed by atoms with Gasteiger partial charge in [-0.25, -0.2) is 4.52 Å². The molecule has 122 valence electrons. The number of benzene rings is 1. The lowest BCUT2D eigenvalue weighted by molar-refractivity contribution is -0.141. The molecule has 0 radical (unpaired) electrons. The zero-order valence-corrected chi connectivity index (χ0v) is 12.9. The summed E-state index contributed by atoms with van der Waals surface area (Å²) in [4.78, 5) is 23.8. The minimum Gasteiger partial charge on any atom is -0.481 e. The van der Waals surface area contributed by atoms with Gasteiger partial charge in [-0.2, -0.15) is 5.10 Å². The predicted octanol–water partition coefficient (Wildman–Crippen LogP) is 2.01. The molecular formula is C18H17N3O3. The van der Waals surface area contributed by atoms with Crippen LogP contribution in [0.4, 0.5) is 0 Å². The third kappa shape index (κ3) is 3.43. The van der Waals surface area contributed by atoms with Crippen LogP contribution in [0.3, 0.4) is 0 Å². The van der Waals surface area contributed by atoms with Gasteiger partial charge in [-0.3, -0.25) is 9.59 Å². The zero-order valence-electron chi connectivity index (χ0n) is 12.9. The number of hydrogen-bond donors (Lipinski definition) is 2. The maximum atomic E-state index is 12.3. The van der Waals surface area contributed by atoms with E-state index in [1.54, 1.807) is 24.4 Å². The highest BCUT2D eigenvalue weighted by molar-refractivity contribution is 5.94. The van der Waals surface area contributed by atoms with Crippen molar-refractivity contribution >= 4 is 17.4 Å². The highest BCUT2D eigenvalue weighted by atomic mass is 16.4. The number of aliphatic carboxylic acids is 1. The van der Waals surface area contributed by atoms with E-state index in [0.29, 0.717) is 12.1 Å².